The first-order chi connectivity index (χ1) is 11.7. The van der Waals surface area contributed by atoms with Gasteiger partial charge in [-0.05, 0) is 59.1 Å². The highest BCUT2D eigenvalue weighted by molar-refractivity contribution is 5.33. The predicted octanol–water partition coefficient (Wildman–Crippen LogP) is 2.69. The van der Waals surface area contributed by atoms with E-state index < -0.39 is 0 Å². The van der Waals surface area contributed by atoms with Gasteiger partial charge in [0.1, 0.15) is 12.4 Å². The van der Waals surface area contributed by atoms with E-state index in [-0.39, 0.29) is 0 Å². The number of para-hydroxylation sites is 1. The van der Waals surface area contributed by atoms with Gasteiger partial charge in [0.05, 0.1) is 0 Å². The molecule has 0 N–H and O–H groups in total. The Balaban J connectivity index is 1.50. The van der Waals surface area contributed by atoms with Crippen LogP contribution in [0.4, 0.5) is 0 Å². The van der Waals surface area contributed by atoms with Crippen LogP contribution in [0, 0.1) is 0 Å². The number of hydrogen-bond acceptors (Lipinski definition) is 4. The van der Waals surface area contributed by atoms with Crippen LogP contribution in [0.15, 0.2) is 24.3 Å². The van der Waals surface area contributed by atoms with Crippen molar-refractivity contribution in [3.05, 3.63) is 29.8 Å². The molecule has 3 rings (SSSR count). The molecule has 2 heterocycles. The SMILES string of the molecule is CN1CC[C@H](N(C)Cc2ccccc2OCCN2CCCCC2)C1. The van der Waals surface area contributed by atoms with E-state index in [9.17, 15) is 0 Å². The Hall–Kier alpha value is -1.10. The van der Waals surface area contributed by atoms with E-state index in [2.05, 4.69) is 53.1 Å². The molecule has 1 aromatic rings. The fourth-order valence-electron chi connectivity index (χ4n) is 3.91. The van der Waals surface area contributed by atoms with Gasteiger partial charge in [-0.15, -0.1) is 0 Å². The lowest BCUT2D eigenvalue weighted by molar-refractivity contribution is 0.180. The second-order valence-corrected chi connectivity index (χ2v) is 7.48. The standard InChI is InChI=1S/C20H33N3O/c1-21-13-10-19(17-21)22(2)16-18-8-4-5-9-20(18)24-15-14-23-11-6-3-7-12-23/h4-5,8-9,19H,3,6-7,10-17H2,1-2H3/t19-/m0/s1. The van der Waals surface area contributed by atoms with Gasteiger partial charge < -0.3 is 9.64 Å². The minimum Gasteiger partial charge on any atom is -0.492 e. The Bertz CT molecular complexity index is 501. The summed E-state index contributed by atoms with van der Waals surface area (Å²) in [6, 6.07) is 9.21. The molecule has 2 fully saturated rings. The Labute approximate surface area is 147 Å². The maximum Gasteiger partial charge on any atom is 0.123 e. The van der Waals surface area contributed by atoms with Crippen LogP contribution in [0.1, 0.15) is 31.2 Å². The van der Waals surface area contributed by atoms with E-state index in [1.54, 1.807) is 0 Å². The number of ether oxygens (including phenoxy) is 1. The van der Waals surface area contributed by atoms with Gasteiger partial charge in [0.15, 0.2) is 0 Å². The smallest absolute Gasteiger partial charge is 0.123 e. The summed E-state index contributed by atoms with van der Waals surface area (Å²) in [5.74, 6) is 1.06. The molecule has 4 nitrogen and oxygen atoms in total. The van der Waals surface area contributed by atoms with Crippen molar-refractivity contribution in [3.8, 4) is 5.75 Å². The molecule has 0 saturated carbocycles. The molecule has 0 bridgehead atoms. The molecule has 0 amide bonds. The van der Waals surface area contributed by atoms with Gasteiger partial charge in [-0.2, -0.15) is 0 Å². The van der Waals surface area contributed by atoms with Crippen molar-refractivity contribution in [2.24, 2.45) is 0 Å². The van der Waals surface area contributed by atoms with Gasteiger partial charge in [-0.1, -0.05) is 24.6 Å². The summed E-state index contributed by atoms with van der Waals surface area (Å²) in [6.45, 7) is 7.69. The van der Waals surface area contributed by atoms with Gasteiger partial charge in [0, 0.05) is 31.2 Å². The highest BCUT2D eigenvalue weighted by Crippen LogP contribution is 2.22. The topological polar surface area (TPSA) is 19.0 Å². The van der Waals surface area contributed by atoms with Gasteiger partial charge in [-0.25, -0.2) is 0 Å². The van der Waals surface area contributed by atoms with Crippen LogP contribution in [-0.2, 0) is 6.54 Å². The molecule has 0 spiro atoms. The number of likely N-dealkylation sites (N-methyl/N-ethyl adjacent to an activating group) is 2. The van der Waals surface area contributed by atoms with E-state index in [1.165, 1.54) is 57.4 Å². The quantitative estimate of drug-likeness (QED) is 0.764. The lowest BCUT2D eigenvalue weighted by Crippen LogP contribution is -2.34. The predicted molar refractivity (Wildman–Crippen MR) is 99.6 cm³/mol. The molecule has 0 aromatic heterocycles. The second-order valence-electron chi connectivity index (χ2n) is 7.48. The summed E-state index contributed by atoms with van der Waals surface area (Å²) in [5, 5.41) is 0. The molecule has 2 saturated heterocycles. The van der Waals surface area contributed by atoms with Crippen molar-refractivity contribution < 1.29 is 4.74 Å². The maximum absolute atomic E-state index is 6.15. The lowest BCUT2D eigenvalue weighted by atomic mass is 10.1. The van der Waals surface area contributed by atoms with Gasteiger partial charge in [0.2, 0.25) is 0 Å². The summed E-state index contributed by atoms with van der Waals surface area (Å²) in [7, 11) is 4.46. The summed E-state index contributed by atoms with van der Waals surface area (Å²) in [6.07, 6.45) is 5.35. The minimum atomic E-state index is 0.663. The zero-order valence-electron chi connectivity index (χ0n) is 15.4. The number of rotatable bonds is 7. The molecule has 1 aromatic carbocycles. The molecule has 1 atom stereocenters. The van der Waals surface area contributed by atoms with Crippen molar-refractivity contribution in [1.82, 2.24) is 14.7 Å². The average molecular weight is 332 g/mol. The Morgan fingerprint density at radius 2 is 1.92 bits per heavy atom. The van der Waals surface area contributed by atoms with Crippen LogP contribution in [0.2, 0.25) is 0 Å². The van der Waals surface area contributed by atoms with E-state index >= 15 is 0 Å². The fraction of sp³-hybridized carbons (Fsp3) is 0.700. The molecule has 2 aliphatic rings. The van der Waals surface area contributed by atoms with Gasteiger partial charge >= 0.3 is 0 Å². The fourth-order valence-corrected chi connectivity index (χ4v) is 3.91. The summed E-state index contributed by atoms with van der Waals surface area (Å²) in [4.78, 5) is 7.44. The monoisotopic (exact) mass is 331 g/mol. The van der Waals surface area contributed by atoms with Crippen LogP contribution in [0.5, 0.6) is 5.75 Å². The van der Waals surface area contributed by atoms with Crippen LogP contribution in [-0.4, -0.2) is 74.2 Å². The van der Waals surface area contributed by atoms with E-state index in [4.69, 9.17) is 4.74 Å². The molecule has 0 aliphatic carbocycles. The van der Waals surface area contributed by atoms with Crippen molar-refractivity contribution in [1.29, 1.82) is 0 Å². The van der Waals surface area contributed by atoms with Gasteiger partial charge in [0.25, 0.3) is 0 Å². The zero-order valence-corrected chi connectivity index (χ0v) is 15.4. The number of nitrogens with zero attached hydrogens (tertiary/aromatic N) is 3. The first-order valence-electron chi connectivity index (χ1n) is 9.54. The molecule has 4 heteroatoms. The molecular formula is C20H33N3O. The van der Waals surface area contributed by atoms with Crippen molar-refractivity contribution in [2.75, 3.05) is 53.4 Å². The first kappa shape index (κ1) is 17.7. The normalized spacial score (nSPS) is 23.0. The third-order valence-corrected chi connectivity index (χ3v) is 5.50. The second kappa shape index (κ2) is 8.84. The molecule has 2 aliphatic heterocycles. The van der Waals surface area contributed by atoms with Crippen molar-refractivity contribution in [2.45, 2.75) is 38.3 Å². The van der Waals surface area contributed by atoms with Crippen LogP contribution in [0.3, 0.4) is 0 Å². The molecule has 24 heavy (non-hydrogen) atoms. The number of likely N-dealkylation sites (tertiary alicyclic amines) is 2. The summed E-state index contributed by atoms with van der Waals surface area (Å²) < 4.78 is 6.15. The molecule has 0 unspecified atom stereocenters. The van der Waals surface area contributed by atoms with Crippen LogP contribution in [0.25, 0.3) is 0 Å². The number of benzene rings is 1. The highest BCUT2D eigenvalue weighted by atomic mass is 16.5. The van der Waals surface area contributed by atoms with E-state index in [0.29, 0.717) is 6.04 Å². The van der Waals surface area contributed by atoms with Crippen molar-refractivity contribution >= 4 is 0 Å². The third-order valence-electron chi connectivity index (χ3n) is 5.50. The number of hydrogen-bond donors (Lipinski definition) is 0. The Morgan fingerprint density at radius 3 is 2.67 bits per heavy atom. The summed E-state index contributed by atoms with van der Waals surface area (Å²) in [5.41, 5.74) is 1.31. The van der Waals surface area contributed by atoms with Gasteiger partial charge in [-0.3, -0.25) is 9.80 Å². The Kier molecular flexibility index (Phi) is 6.52. The van der Waals surface area contributed by atoms with E-state index in [0.717, 1.165) is 25.4 Å². The molecule has 134 valence electrons. The van der Waals surface area contributed by atoms with E-state index in [1.807, 2.05) is 0 Å². The molecule has 0 radical (unpaired) electrons. The van der Waals surface area contributed by atoms with Crippen LogP contribution < -0.4 is 4.74 Å². The largest absolute Gasteiger partial charge is 0.492 e. The van der Waals surface area contributed by atoms with Crippen LogP contribution >= 0.6 is 0 Å². The number of piperidine rings is 1. The highest BCUT2D eigenvalue weighted by Gasteiger charge is 2.23. The lowest BCUT2D eigenvalue weighted by Gasteiger charge is -2.27. The first-order valence-corrected chi connectivity index (χ1v) is 9.54. The van der Waals surface area contributed by atoms with Crippen molar-refractivity contribution in [3.63, 3.8) is 0 Å². The third kappa shape index (κ3) is 4.95. The average Bonchev–Trinajstić information content (AvgIpc) is 3.04. The Morgan fingerprint density at radius 1 is 1.12 bits per heavy atom. The minimum absolute atomic E-state index is 0.663. The maximum atomic E-state index is 6.15. The molecular weight excluding hydrogens is 298 g/mol. The zero-order chi connectivity index (χ0) is 16.8. The summed E-state index contributed by atoms with van der Waals surface area (Å²) >= 11 is 0.